The SMILES string of the molecule is COc1sc2cccc(N)c2c1Cl. The minimum absolute atomic E-state index is 0.612. The number of hydrogen-bond donors (Lipinski definition) is 1. The third kappa shape index (κ3) is 1.24. The molecule has 0 radical (unpaired) electrons. The van der Waals surface area contributed by atoms with Gasteiger partial charge in [0.1, 0.15) is 5.02 Å². The lowest BCUT2D eigenvalue weighted by Crippen LogP contribution is -1.84. The van der Waals surface area contributed by atoms with Crippen molar-refractivity contribution < 1.29 is 4.74 Å². The van der Waals surface area contributed by atoms with Crippen molar-refractivity contribution in [2.75, 3.05) is 12.8 Å². The highest BCUT2D eigenvalue weighted by atomic mass is 35.5. The lowest BCUT2D eigenvalue weighted by Gasteiger charge is -1.95. The van der Waals surface area contributed by atoms with Crippen molar-refractivity contribution in [3.63, 3.8) is 0 Å². The molecule has 2 nitrogen and oxygen atoms in total. The highest BCUT2D eigenvalue weighted by Gasteiger charge is 2.12. The molecule has 0 bridgehead atoms. The molecule has 13 heavy (non-hydrogen) atoms. The normalized spacial score (nSPS) is 10.6. The molecule has 0 aliphatic carbocycles. The summed E-state index contributed by atoms with van der Waals surface area (Å²) in [5, 5.41) is 2.22. The van der Waals surface area contributed by atoms with Crippen molar-refractivity contribution >= 4 is 38.7 Å². The second-order valence-electron chi connectivity index (χ2n) is 2.63. The Morgan fingerprint density at radius 2 is 2.23 bits per heavy atom. The van der Waals surface area contributed by atoms with Gasteiger partial charge in [-0.2, -0.15) is 0 Å². The van der Waals surface area contributed by atoms with Gasteiger partial charge in [-0.15, -0.1) is 0 Å². The Bertz CT molecular complexity index is 452. The fourth-order valence-corrected chi connectivity index (χ4v) is 2.65. The van der Waals surface area contributed by atoms with Crippen molar-refractivity contribution in [2.24, 2.45) is 0 Å². The first-order chi connectivity index (χ1) is 6.24. The van der Waals surface area contributed by atoms with Crippen LogP contribution in [-0.4, -0.2) is 7.11 Å². The predicted octanol–water partition coefficient (Wildman–Crippen LogP) is 3.15. The van der Waals surface area contributed by atoms with E-state index in [1.165, 1.54) is 11.3 Å². The summed E-state index contributed by atoms with van der Waals surface area (Å²) in [5.74, 6) is 0. The summed E-state index contributed by atoms with van der Waals surface area (Å²) in [6, 6.07) is 5.72. The molecule has 0 spiro atoms. The first-order valence-corrected chi connectivity index (χ1v) is 4.94. The number of methoxy groups -OCH3 is 1. The highest BCUT2D eigenvalue weighted by Crippen LogP contribution is 2.43. The zero-order chi connectivity index (χ0) is 9.42. The van der Waals surface area contributed by atoms with Gasteiger partial charge < -0.3 is 10.5 Å². The van der Waals surface area contributed by atoms with Crippen molar-refractivity contribution in [2.45, 2.75) is 0 Å². The second kappa shape index (κ2) is 3.09. The Morgan fingerprint density at radius 3 is 2.85 bits per heavy atom. The van der Waals surface area contributed by atoms with Crippen molar-refractivity contribution in [1.29, 1.82) is 0 Å². The second-order valence-corrected chi connectivity index (χ2v) is 4.02. The molecule has 0 aliphatic rings. The van der Waals surface area contributed by atoms with Crippen LogP contribution in [0, 0.1) is 0 Å². The monoisotopic (exact) mass is 213 g/mol. The lowest BCUT2D eigenvalue weighted by molar-refractivity contribution is 0.427. The molecule has 0 amide bonds. The first kappa shape index (κ1) is 8.66. The Balaban J connectivity index is 2.85. The third-order valence-electron chi connectivity index (χ3n) is 1.85. The van der Waals surface area contributed by atoms with Crippen LogP contribution < -0.4 is 10.5 Å². The average Bonchev–Trinajstić information content (AvgIpc) is 2.44. The van der Waals surface area contributed by atoms with Gasteiger partial charge in [0, 0.05) is 15.8 Å². The third-order valence-corrected chi connectivity index (χ3v) is 3.43. The lowest BCUT2D eigenvalue weighted by atomic mass is 10.2. The van der Waals surface area contributed by atoms with Gasteiger partial charge >= 0.3 is 0 Å². The van der Waals surface area contributed by atoms with E-state index in [1.807, 2.05) is 18.2 Å². The van der Waals surface area contributed by atoms with Gasteiger partial charge in [-0.25, -0.2) is 0 Å². The number of anilines is 1. The molecule has 0 saturated carbocycles. The highest BCUT2D eigenvalue weighted by molar-refractivity contribution is 7.21. The Morgan fingerprint density at radius 1 is 1.46 bits per heavy atom. The molecule has 1 aromatic heterocycles. The molecule has 0 aliphatic heterocycles. The molecule has 68 valence electrons. The molecule has 2 N–H and O–H groups in total. The van der Waals surface area contributed by atoms with Crippen LogP contribution in [0.5, 0.6) is 5.06 Å². The van der Waals surface area contributed by atoms with E-state index in [2.05, 4.69) is 0 Å². The molecule has 4 heteroatoms. The van der Waals surface area contributed by atoms with Gasteiger partial charge in [0.2, 0.25) is 0 Å². The molecule has 1 heterocycles. The number of nitrogens with two attached hydrogens (primary N) is 1. The number of fused-ring (bicyclic) bond motifs is 1. The molecule has 0 fully saturated rings. The van der Waals surface area contributed by atoms with Crippen molar-refractivity contribution in [1.82, 2.24) is 0 Å². The van der Waals surface area contributed by atoms with Gasteiger partial charge in [0.25, 0.3) is 0 Å². The van der Waals surface area contributed by atoms with Gasteiger partial charge in [-0.3, -0.25) is 0 Å². The minimum Gasteiger partial charge on any atom is -0.486 e. The Kier molecular flexibility index (Phi) is 2.06. The minimum atomic E-state index is 0.612. The number of nitrogen functional groups attached to an aromatic ring is 1. The van der Waals surface area contributed by atoms with Crippen LogP contribution >= 0.6 is 22.9 Å². The fraction of sp³-hybridized carbons (Fsp3) is 0.111. The molecule has 0 atom stereocenters. The van der Waals surface area contributed by atoms with E-state index in [9.17, 15) is 0 Å². The molecular formula is C9H8ClNOS. The summed E-state index contributed by atoms with van der Waals surface area (Å²) in [4.78, 5) is 0. The van der Waals surface area contributed by atoms with Gasteiger partial charge in [-0.1, -0.05) is 29.0 Å². The van der Waals surface area contributed by atoms with E-state index in [0.717, 1.165) is 15.1 Å². The summed E-state index contributed by atoms with van der Waals surface area (Å²) in [6.45, 7) is 0. The van der Waals surface area contributed by atoms with Crippen LogP contribution in [-0.2, 0) is 0 Å². The summed E-state index contributed by atoms with van der Waals surface area (Å²) >= 11 is 7.57. The maximum atomic E-state index is 6.07. The maximum Gasteiger partial charge on any atom is 0.193 e. The zero-order valence-corrected chi connectivity index (χ0v) is 8.58. The van der Waals surface area contributed by atoms with E-state index < -0.39 is 0 Å². The van der Waals surface area contributed by atoms with E-state index in [-0.39, 0.29) is 0 Å². The van der Waals surface area contributed by atoms with E-state index in [4.69, 9.17) is 22.1 Å². The largest absolute Gasteiger partial charge is 0.486 e. The number of ether oxygens (including phenoxy) is 1. The van der Waals surface area contributed by atoms with Crippen LogP contribution in [0.2, 0.25) is 5.02 Å². The molecule has 1 aromatic carbocycles. The number of halogens is 1. The van der Waals surface area contributed by atoms with Crippen LogP contribution in [0.4, 0.5) is 5.69 Å². The predicted molar refractivity (Wildman–Crippen MR) is 57.8 cm³/mol. The average molecular weight is 214 g/mol. The summed E-state index contributed by atoms with van der Waals surface area (Å²) in [7, 11) is 1.60. The standard InChI is InChI=1S/C9H8ClNOS/c1-12-9-8(10)7-5(11)3-2-4-6(7)13-9/h2-4H,11H2,1H3. The van der Waals surface area contributed by atoms with Crippen LogP contribution in [0.1, 0.15) is 0 Å². The summed E-state index contributed by atoms with van der Waals surface area (Å²) in [5.41, 5.74) is 6.49. The number of benzene rings is 1. The topological polar surface area (TPSA) is 35.2 Å². The quantitative estimate of drug-likeness (QED) is 0.739. The van der Waals surface area contributed by atoms with Crippen molar-refractivity contribution in [3.8, 4) is 5.06 Å². The maximum absolute atomic E-state index is 6.07. The van der Waals surface area contributed by atoms with Crippen molar-refractivity contribution in [3.05, 3.63) is 23.2 Å². The molecule has 0 saturated heterocycles. The van der Waals surface area contributed by atoms with Gasteiger partial charge in [-0.05, 0) is 12.1 Å². The van der Waals surface area contributed by atoms with E-state index in [0.29, 0.717) is 10.7 Å². The Hall–Kier alpha value is -0.930. The Labute approximate surface area is 84.9 Å². The summed E-state index contributed by atoms with van der Waals surface area (Å²) in [6.07, 6.45) is 0. The molecule has 2 aromatic rings. The smallest absolute Gasteiger partial charge is 0.193 e. The molecular weight excluding hydrogens is 206 g/mol. The van der Waals surface area contributed by atoms with E-state index >= 15 is 0 Å². The van der Waals surface area contributed by atoms with Crippen LogP contribution in [0.3, 0.4) is 0 Å². The van der Waals surface area contributed by atoms with Gasteiger partial charge in [0.15, 0.2) is 5.06 Å². The van der Waals surface area contributed by atoms with E-state index in [1.54, 1.807) is 7.11 Å². The first-order valence-electron chi connectivity index (χ1n) is 3.74. The molecule has 2 rings (SSSR count). The van der Waals surface area contributed by atoms with Crippen LogP contribution in [0.15, 0.2) is 18.2 Å². The number of hydrogen-bond acceptors (Lipinski definition) is 3. The van der Waals surface area contributed by atoms with Crippen LogP contribution in [0.25, 0.3) is 10.1 Å². The van der Waals surface area contributed by atoms with Gasteiger partial charge in [0.05, 0.1) is 7.11 Å². The number of thiophene rings is 1. The molecule has 0 unspecified atom stereocenters. The number of rotatable bonds is 1. The zero-order valence-electron chi connectivity index (χ0n) is 7.00. The fourth-order valence-electron chi connectivity index (χ4n) is 1.25. The summed E-state index contributed by atoms with van der Waals surface area (Å²) < 4.78 is 6.17.